The van der Waals surface area contributed by atoms with Crippen LogP contribution in [-0.4, -0.2) is 50.6 Å². The van der Waals surface area contributed by atoms with Crippen molar-refractivity contribution in [3.05, 3.63) is 29.6 Å². The van der Waals surface area contributed by atoms with Crippen molar-refractivity contribution in [3.8, 4) is 5.75 Å². The van der Waals surface area contributed by atoms with Crippen LogP contribution in [0.25, 0.3) is 0 Å². The fraction of sp³-hybridized carbons (Fsp3) is 0.556. The maximum Gasteiger partial charge on any atom is 0.222 e. The highest BCUT2D eigenvalue weighted by Gasteiger charge is 2.10. The zero-order valence-electron chi connectivity index (χ0n) is 16.1. The number of benzene rings is 1. The number of hydrogen-bond acceptors (Lipinski definition) is 3. The molecule has 2 N–H and O–H groups in total. The minimum atomic E-state index is -0.383. The first-order valence-corrected chi connectivity index (χ1v) is 8.48. The first-order chi connectivity index (χ1) is 11.9. The molecule has 26 heavy (non-hydrogen) atoms. The highest BCUT2D eigenvalue weighted by molar-refractivity contribution is 14.0. The standard InChI is InChI=1S/C18H29FN4O2.HI/c1-6-20-18(22-10-9-21-17(24)13(2)3)23(4)12-14-7-8-16(25-5)15(19)11-14;/h7-8,11,13H,6,9-10,12H2,1-5H3,(H,20,22)(H,21,24);1H. The molecule has 0 saturated heterocycles. The molecule has 0 aliphatic carbocycles. The zero-order valence-corrected chi connectivity index (χ0v) is 18.5. The summed E-state index contributed by atoms with van der Waals surface area (Å²) in [7, 11) is 3.33. The van der Waals surface area contributed by atoms with Crippen molar-refractivity contribution in [1.82, 2.24) is 15.5 Å². The summed E-state index contributed by atoms with van der Waals surface area (Å²) in [6.07, 6.45) is 0. The Morgan fingerprint density at radius 3 is 2.58 bits per heavy atom. The molecule has 0 fully saturated rings. The Kier molecular flexibility index (Phi) is 11.9. The average molecular weight is 480 g/mol. The second-order valence-corrected chi connectivity index (χ2v) is 6.01. The maximum atomic E-state index is 13.8. The van der Waals surface area contributed by atoms with E-state index in [-0.39, 0.29) is 47.4 Å². The fourth-order valence-electron chi connectivity index (χ4n) is 2.17. The van der Waals surface area contributed by atoms with Gasteiger partial charge < -0.3 is 20.3 Å². The van der Waals surface area contributed by atoms with E-state index in [1.807, 2.05) is 38.8 Å². The molecule has 0 radical (unpaired) electrons. The number of carbonyl (C=O) groups excluding carboxylic acids is 1. The van der Waals surface area contributed by atoms with Gasteiger partial charge in [0.2, 0.25) is 5.91 Å². The number of halogens is 2. The minimum absolute atomic E-state index is 0. The summed E-state index contributed by atoms with van der Waals surface area (Å²) < 4.78 is 18.7. The normalized spacial score (nSPS) is 11.0. The molecule has 0 saturated carbocycles. The summed E-state index contributed by atoms with van der Waals surface area (Å²) in [4.78, 5) is 17.9. The van der Waals surface area contributed by atoms with E-state index in [0.717, 1.165) is 12.1 Å². The van der Waals surface area contributed by atoms with E-state index < -0.39 is 0 Å². The number of aliphatic imine (C=N–C) groups is 1. The van der Waals surface area contributed by atoms with Crippen molar-refractivity contribution in [2.45, 2.75) is 27.3 Å². The van der Waals surface area contributed by atoms with Gasteiger partial charge in [0.05, 0.1) is 13.7 Å². The lowest BCUT2D eigenvalue weighted by Gasteiger charge is -2.22. The number of guanidine groups is 1. The third kappa shape index (κ3) is 8.20. The Labute approximate surface area is 172 Å². The summed E-state index contributed by atoms with van der Waals surface area (Å²) in [6, 6.07) is 4.90. The van der Waals surface area contributed by atoms with Crippen LogP contribution < -0.4 is 15.4 Å². The van der Waals surface area contributed by atoms with Crippen molar-refractivity contribution in [2.75, 3.05) is 33.8 Å². The number of amides is 1. The maximum absolute atomic E-state index is 13.8. The summed E-state index contributed by atoms with van der Waals surface area (Å²) in [5, 5.41) is 6.03. The van der Waals surface area contributed by atoms with Gasteiger partial charge in [-0.15, -0.1) is 24.0 Å². The number of methoxy groups -OCH3 is 1. The van der Waals surface area contributed by atoms with Gasteiger partial charge in [-0.3, -0.25) is 9.79 Å². The van der Waals surface area contributed by atoms with E-state index in [1.54, 1.807) is 6.07 Å². The molecule has 0 aromatic heterocycles. The van der Waals surface area contributed by atoms with Crippen LogP contribution in [0.3, 0.4) is 0 Å². The molecule has 1 amide bonds. The summed E-state index contributed by atoms with van der Waals surface area (Å²) >= 11 is 0. The van der Waals surface area contributed by atoms with E-state index in [0.29, 0.717) is 25.6 Å². The van der Waals surface area contributed by atoms with Crippen molar-refractivity contribution >= 4 is 35.8 Å². The Morgan fingerprint density at radius 1 is 1.35 bits per heavy atom. The Balaban J connectivity index is 0.00000625. The van der Waals surface area contributed by atoms with Gasteiger partial charge in [-0.2, -0.15) is 0 Å². The van der Waals surface area contributed by atoms with Gasteiger partial charge in [0, 0.05) is 32.6 Å². The van der Waals surface area contributed by atoms with Crippen LogP contribution in [0.4, 0.5) is 4.39 Å². The summed E-state index contributed by atoms with van der Waals surface area (Å²) in [6.45, 7) is 7.87. The first-order valence-electron chi connectivity index (χ1n) is 8.48. The van der Waals surface area contributed by atoms with E-state index in [1.165, 1.54) is 13.2 Å². The number of nitrogens with one attached hydrogen (secondary N) is 2. The number of ether oxygens (including phenoxy) is 1. The van der Waals surface area contributed by atoms with Gasteiger partial charge >= 0.3 is 0 Å². The quantitative estimate of drug-likeness (QED) is 0.260. The second kappa shape index (κ2) is 12.7. The molecule has 0 aliphatic rings. The summed E-state index contributed by atoms with van der Waals surface area (Å²) in [5.74, 6) is 0.532. The lowest BCUT2D eigenvalue weighted by molar-refractivity contribution is -0.123. The topological polar surface area (TPSA) is 66.0 Å². The predicted molar refractivity (Wildman–Crippen MR) is 114 cm³/mol. The molecule has 8 heteroatoms. The largest absolute Gasteiger partial charge is 0.494 e. The third-order valence-electron chi connectivity index (χ3n) is 3.53. The molecule has 0 bridgehead atoms. The fourth-order valence-corrected chi connectivity index (χ4v) is 2.17. The molecular weight excluding hydrogens is 450 g/mol. The third-order valence-corrected chi connectivity index (χ3v) is 3.53. The predicted octanol–water partition coefficient (Wildman–Crippen LogP) is 2.62. The molecular formula is C18H30FIN4O2. The SMILES string of the molecule is CCNC(=NCCNC(=O)C(C)C)N(C)Cc1ccc(OC)c(F)c1.I. The molecule has 0 spiro atoms. The second-order valence-electron chi connectivity index (χ2n) is 6.01. The van der Waals surface area contributed by atoms with Crippen molar-refractivity contribution in [2.24, 2.45) is 10.9 Å². The molecule has 0 heterocycles. The number of carbonyl (C=O) groups is 1. The molecule has 1 aromatic rings. The Hall–Kier alpha value is -1.58. The molecule has 148 valence electrons. The van der Waals surface area contributed by atoms with Crippen molar-refractivity contribution in [3.63, 3.8) is 0 Å². The lowest BCUT2D eigenvalue weighted by atomic mass is 10.2. The van der Waals surface area contributed by atoms with Gasteiger partial charge in [0.25, 0.3) is 0 Å². The van der Waals surface area contributed by atoms with Gasteiger partial charge in [0.1, 0.15) is 0 Å². The van der Waals surface area contributed by atoms with Crippen LogP contribution in [0.5, 0.6) is 5.75 Å². The number of hydrogen-bond donors (Lipinski definition) is 2. The lowest BCUT2D eigenvalue weighted by Crippen LogP contribution is -2.39. The van der Waals surface area contributed by atoms with Crippen molar-refractivity contribution < 1.29 is 13.9 Å². The van der Waals surface area contributed by atoms with Crippen LogP contribution in [0.1, 0.15) is 26.3 Å². The molecule has 6 nitrogen and oxygen atoms in total. The number of nitrogens with zero attached hydrogens (tertiary/aromatic N) is 2. The molecule has 0 unspecified atom stereocenters. The van der Waals surface area contributed by atoms with Gasteiger partial charge in [-0.05, 0) is 24.6 Å². The van der Waals surface area contributed by atoms with Crippen LogP contribution >= 0.6 is 24.0 Å². The highest BCUT2D eigenvalue weighted by Crippen LogP contribution is 2.18. The van der Waals surface area contributed by atoms with Crippen molar-refractivity contribution in [1.29, 1.82) is 0 Å². The average Bonchev–Trinajstić information content (AvgIpc) is 2.57. The van der Waals surface area contributed by atoms with E-state index in [4.69, 9.17) is 4.74 Å². The molecule has 1 rings (SSSR count). The van der Waals surface area contributed by atoms with E-state index in [2.05, 4.69) is 15.6 Å². The van der Waals surface area contributed by atoms with E-state index in [9.17, 15) is 9.18 Å². The molecule has 0 aliphatic heterocycles. The zero-order chi connectivity index (χ0) is 18.8. The summed E-state index contributed by atoms with van der Waals surface area (Å²) in [5.41, 5.74) is 0.819. The van der Waals surface area contributed by atoms with Gasteiger partial charge in [-0.25, -0.2) is 4.39 Å². The Morgan fingerprint density at radius 2 is 2.04 bits per heavy atom. The monoisotopic (exact) mass is 480 g/mol. The number of rotatable bonds is 8. The van der Waals surface area contributed by atoms with Crippen LogP contribution in [0.2, 0.25) is 0 Å². The molecule has 0 atom stereocenters. The highest BCUT2D eigenvalue weighted by atomic mass is 127. The van der Waals surface area contributed by atoms with Crippen LogP contribution in [0.15, 0.2) is 23.2 Å². The smallest absolute Gasteiger partial charge is 0.222 e. The minimum Gasteiger partial charge on any atom is -0.494 e. The van der Waals surface area contributed by atoms with Gasteiger partial charge in [-0.1, -0.05) is 19.9 Å². The molecule has 1 aromatic carbocycles. The van der Waals surface area contributed by atoms with Crippen LogP contribution in [-0.2, 0) is 11.3 Å². The van der Waals surface area contributed by atoms with Crippen LogP contribution in [0, 0.1) is 11.7 Å². The van der Waals surface area contributed by atoms with Gasteiger partial charge in [0.15, 0.2) is 17.5 Å². The first kappa shape index (κ1) is 24.4. The Bertz CT molecular complexity index is 597. The van der Waals surface area contributed by atoms with E-state index >= 15 is 0 Å².